The van der Waals surface area contributed by atoms with Crippen LogP contribution in [0.1, 0.15) is 17.4 Å². The number of pyridine rings is 1. The SMILES string of the molecule is CCNS(=O)(=O)Nc1cccnc1C(=O)O. The summed E-state index contributed by atoms with van der Waals surface area (Å²) in [5, 5.41) is 8.77. The van der Waals surface area contributed by atoms with E-state index in [4.69, 9.17) is 5.11 Å². The van der Waals surface area contributed by atoms with Crippen molar-refractivity contribution in [3.8, 4) is 0 Å². The molecule has 0 spiro atoms. The van der Waals surface area contributed by atoms with Crippen molar-refractivity contribution in [3.63, 3.8) is 0 Å². The van der Waals surface area contributed by atoms with E-state index in [-0.39, 0.29) is 17.9 Å². The highest BCUT2D eigenvalue weighted by Gasteiger charge is 2.15. The average Bonchev–Trinajstić information content (AvgIpc) is 2.17. The van der Waals surface area contributed by atoms with Crippen molar-refractivity contribution in [1.29, 1.82) is 0 Å². The van der Waals surface area contributed by atoms with E-state index >= 15 is 0 Å². The normalized spacial score (nSPS) is 11.1. The minimum atomic E-state index is -3.74. The lowest BCUT2D eigenvalue weighted by molar-refractivity contribution is 0.0692. The highest BCUT2D eigenvalue weighted by atomic mass is 32.2. The van der Waals surface area contributed by atoms with Crippen molar-refractivity contribution in [2.75, 3.05) is 11.3 Å². The van der Waals surface area contributed by atoms with Gasteiger partial charge in [-0.05, 0) is 12.1 Å². The molecule has 88 valence electrons. The minimum absolute atomic E-state index is 0.0732. The van der Waals surface area contributed by atoms with Gasteiger partial charge in [-0.25, -0.2) is 9.78 Å². The van der Waals surface area contributed by atoms with Crippen LogP contribution in [0.25, 0.3) is 0 Å². The van der Waals surface area contributed by atoms with Gasteiger partial charge in [0.1, 0.15) is 0 Å². The fourth-order valence-corrected chi connectivity index (χ4v) is 1.94. The summed E-state index contributed by atoms with van der Waals surface area (Å²) in [6.07, 6.45) is 1.27. The predicted molar refractivity (Wildman–Crippen MR) is 57.4 cm³/mol. The molecule has 0 aliphatic heterocycles. The van der Waals surface area contributed by atoms with Gasteiger partial charge in [-0.1, -0.05) is 6.92 Å². The molecule has 0 aliphatic carbocycles. The van der Waals surface area contributed by atoms with Crippen LogP contribution >= 0.6 is 0 Å². The molecule has 0 atom stereocenters. The topological polar surface area (TPSA) is 108 Å². The number of aromatic nitrogens is 1. The molecule has 1 heterocycles. The maximum absolute atomic E-state index is 11.3. The Bertz CT molecular complexity index is 486. The Morgan fingerprint density at radius 2 is 2.25 bits per heavy atom. The van der Waals surface area contributed by atoms with Crippen molar-refractivity contribution >= 4 is 21.9 Å². The van der Waals surface area contributed by atoms with Crippen molar-refractivity contribution in [2.45, 2.75) is 6.92 Å². The Morgan fingerprint density at radius 1 is 1.56 bits per heavy atom. The minimum Gasteiger partial charge on any atom is -0.476 e. The van der Waals surface area contributed by atoms with Gasteiger partial charge < -0.3 is 5.11 Å². The summed E-state index contributed by atoms with van der Waals surface area (Å²) in [6, 6.07) is 2.77. The predicted octanol–water partition coefficient (Wildman–Crippen LogP) is 0.0460. The zero-order valence-corrected chi connectivity index (χ0v) is 9.28. The molecule has 7 nitrogen and oxygen atoms in total. The number of hydrogen-bond acceptors (Lipinski definition) is 4. The molecule has 0 saturated heterocycles. The van der Waals surface area contributed by atoms with E-state index < -0.39 is 16.2 Å². The van der Waals surface area contributed by atoms with Crippen LogP contribution < -0.4 is 9.44 Å². The largest absolute Gasteiger partial charge is 0.476 e. The summed E-state index contributed by atoms with van der Waals surface area (Å²) in [4.78, 5) is 14.3. The zero-order valence-electron chi connectivity index (χ0n) is 8.47. The summed E-state index contributed by atoms with van der Waals surface area (Å²) in [7, 11) is -3.74. The summed E-state index contributed by atoms with van der Waals surface area (Å²) >= 11 is 0. The van der Waals surface area contributed by atoms with Crippen molar-refractivity contribution in [3.05, 3.63) is 24.0 Å². The van der Waals surface area contributed by atoms with Gasteiger partial charge in [0.05, 0.1) is 5.69 Å². The van der Waals surface area contributed by atoms with Gasteiger partial charge in [-0.15, -0.1) is 0 Å². The van der Waals surface area contributed by atoms with Crippen LogP contribution in [0.2, 0.25) is 0 Å². The van der Waals surface area contributed by atoms with Gasteiger partial charge in [0.25, 0.3) is 10.2 Å². The molecule has 0 bridgehead atoms. The van der Waals surface area contributed by atoms with Crippen LogP contribution in [0.3, 0.4) is 0 Å². The number of rotatable bonds is 5. The first-order chi connectivity index (χ1) is 7.46. The van der Waals surface area contributed by atoms with Crippen LogP contribution in [0, 0.1) is 0 Å². The lowest BCUT2D eigenvalue weighted by atomic mass is 10.3. The monoisotopic (exact) mass is 245 g/mol. The molecule has 1 rings (SSSR count). The molecule has 0 aromatic carbocycles. The van der Waals surface area contributed by atoms with E-state index in [0.717, 1.165) is 0 Å². The van der Waals surface area contributed by atoms with Crippen molar-refractivity contribution in [1.82, 2.24) is 9.71 Å². The van der Waals surface area contributed by atoms with Crippen LogP contribution in [0.5, 0.6) is 0 Å². The van der Waals surface area contributed by atoms with E-state index in [1.807, 2.05) is 0 Å². The van der Waals surface area contributed by atoms with Crippen LogP contribution in [-0.2, 0) is 10.2 Å². The molecule has 0 radical (unpaired) electrons. The molecule has 0 amide bonds. The summed E-state index contributed by atoms with van der Waals surface area (Å²) < 4.78 is 26.9. The maximum atomic E-state index is 11.3. The van der Waals surface area contributed by atoms with Gasteiger partial charge >= 0.3 is 5.97 Å². The highest BCUT2D eigenvalue weighted by molar-refractivity contribution is 7.90. The van der Waals surface area contributed by atoms with E-state index in [2.05, 4.69) is 14.4 Å². The standard InChI is InChI=1S/C8H11N3O4S/c1-2-10-16(14,15)11-6-4-3-5-9-7(6)8(12)13/h3-5,10-11H,2H2,1H3,(H,12,13). The number of nitrogens with one attached hydrogen (secondary N) is 2. The molecular weight excluding hydrogens is 234 g/mol. The first kappa shape index (κ1) is 12.4. The molecule has 0 saturated carbocycles. The van der Waals surface area contributed by atoms with Crippen molar-refractivity contribution in [2.24, 2.45) is 0 Å². The first-order valence-electron chi connectivity index (χ1n) is 4.42. The second-order valence-corrected chi connectivity index (χ2v) is 4.31. The van der Waals surface area contributed by atoms with Gasteiger partial charge in [0.2, 0.25) is 0 Å². The number of aromatic carboxylic acids is 1. The zero-order chi connectivity index (χ0) is 12.2. The van der Waals surface area contributed by atoms with E-state index in [1.54, 1.807) is 6.92 Å². The molecule has 0 fully saturated rings. The quantitative estimate of drug-likeness (QED) is 0.679. The number of nitrogens with zero attached hydrogens (tertiary/aromatic N) is 1. The van der Waals surface area contributed by atoms with Gasteiger partial charge in [0.15, 0.2) is 5.69 Å². The molecule has 16 heavy (non-hydrogen) atoms. The third-order valence-electron chi connectivity index (χ3n) is 1.59. The van der Waals surface area contributed by atoms with Crippen LogP contribution in [0.4, 0.5) is 5.69 Å². The average molecular weight is 245 g/mol. The van der Waals surface area contributed by atoms with Crippen LogP contribution in [0.15, 0.2) is 18.3 Å². The summed E-state index contributed by atoms with van der Waals surface area (Å²) in [5.74, 6) is -1.30. The van der Waals surface area contributed by atoms with Crippen LogP contribution in [-0.4, -0.2) is 31.0 Å². The van der Waals surface area contributed by atoms with Crippen molar-refractivity contribution < 1.29 is 18.3 Å². The van der Waals surface area contributed by atoms with Gasteiger partial charge in [-0.2, -0.15) is 13.1 Å². The third kappa shape index (κ3) is 3.17. The van der Waals surface area contributed by atoms with E-state index in [1.165, 1.54) is 18.3 Å². The smallest absolute Gasteiger partial charge is 0.356 e. The van der Waals surface area contributed by atoms with E-state index in [0.29, 0.717) is 0 Å². The molecular formula is C8H11N3O4S. The number of anilines is 1. The first-order valence-corrected chi connectivity index (χ1v) is 5.90. The number of carboxylic acid groups (broad SMARTS) is 1. The third-order valence-corrected chi connectivity index (χ3v) is 2.75. The molecule has 3 N–H and O–H groups in total. The molecule has 1 aromatic heterocycles. The lowest BCUT2D eigenvalue weighted by Crippen LogP contribution is -2.30. The summed E-state index contributed by atoms with van der Waals surface area (Å²) in [6.45, 7) is 1.82. The highest BCUT2D eigenvalue weighted by Crippen LogP contribution is 2.12. The Labute approximate surface area is 92.7 Å². The van der Waals surface area contributed by atoms with Gasteiger partial charge in [-0.3, -0.25) is 4.72 Å². The fourth-order valence-electron chi connectivity index (χ4n) is 1.03. The molecule has 1 aromatic rings. The maximum Gasteiger partial charge on any atom is 0.356 e. The molecule has 8 heteroatoms. The lowest BCUT2D eigenvalue weighted by Gasteiger charge is -2.09. The molecule has 0 aliphatic rings. The second kappa shape index (κ2) is 4.90. The summed E-state index contributed by atoms with van der Waals surface area (Å²) in [5.41, 5.74) is -0.417. The van der Waals surface area contributed by atoms with E-state index in [9.17, 15) is 13.2 Å². The Hall–Kier alpha value is -1.67. The van der Waals surface area contributed by atoms with Gasteiger partial charge in [0, 0.05) is 12.7 Å². The number of carbonyl (C=O) groups is 1. The Balaban J connectivity index is 3.02. The number of hydrogen-bond donors (Lipinski definition) is 3. The fraction of sp³-hybridized carbons (Fsp3) is 0.250. The number of carboxylic acids is 1. The second-order valence-electron chi connectivity index (χ2n) is 2.81. The Morgan fingerprint density at radius 3 is 2.81 bits per heavy atom. The molecule has 0 unspecified atom stereocenters. The Kier molecular flexibility index (Phi) is 3.80.